The van der Waals surface area contributed by atoms with E-state index in [1.807, 2.05) is 61.5 Å². The van der Waals surface area contributed by atoms with Gasteiger partial charge in [-0.05, 0) is 56.6 Å². The minimum atomic E-state index is -0.546. The van der Waals surface area contributed by atoms with Crippen molar-refractivity contribution in [3.8, 4) is 17.0 Å². The van der Waals surface area contributed by atoms with E-state index in [0.717, 1.165) is 41.4 Å². The van der Waals surface area contributed by atoms with Crippen molar-refractivity contribution in [1.82, 2.24) is 29.7 Å². The van der Waals surface area contributed by atoms with Gasteiger partial charge in [-0.2, -0.15) is 5.10 Å². The van der Waals surface area contributed by atoms with Crippen molar-refractivity contribution in [2.24, 2.45) is 0 Å². The molecule has 0 unspecified atom stereocenters. The van der Waals surface area contributed by atoms with Crippen LogP contribution in [0.2, 0.25) is 0 Å². The molecule has 1 aliphatic heterocycles. The van der Waals surface area contributed by atoms with Crippen LogP contribution < -0.4 is 15.0 Å². The van der Waals surface area contributed by atoms with Gasteiger partial charge in [0.25, 0.3) is 0 Å². The summed E-state index contributed by atoms with van der Waals surface area (Å²) in [5.74, 6) is 2.04. The number of nitrogens with zero attached hydrogens (tertiary/aromatic N) is 7. The lowest BCUT2D eigenvalue weighted by Crippen LogP contribution is -2.37. The smallest absolute Gasteiger partial charge is 0.227 e. The highest BCUT2D eigenvalue weighted by Crippen LogP contribution is 2.25. The van der Waals surface area contributed by atoms with Crippen LogP contribution in [-0.4, -0.2) is 94.5 Å². The Morgan fingerprint density at radius 1 is 1.11 bits per heavy atom. The Balaban J connectivity index is 1.26. The number of benzene rings is 1. The number of ether oxygens (including phenoxy) is 2. The summed E-state index contributed by atoms with van der Waals surface area (Å²) in [6.07, 6.45) is 2.94. The predicted octanol–water partition coefficient (Wildman–Crippen LogP) is 2.07. The molecule has 2 N–H and O–H groups in total. The van der Waals surface area contributed by atoms with Crippen LogP contribution >= 0.6 is 0 Å². The summed E-state index contributed by atoms with van der Waals surface area (Å²) in [6, 6.07) is 13.3. The standard InChI is InChI=1S/C25H30N8O3/c1-31(2)16-19(34)17-36-20-5-3-18(4-6-20)28-25-26-10-9-22(29-25)21-15-27-33-23(21)7-8-24(30-33)32-11-13-35-14-12-32/h3-10,15,19,34H,11-14,16-17H2,1-2H3,(H,26,28,29)/t19-/m1/s1. The van der Waals surface area contributed by atoms with Crippen LogP contribution in [0.1, 0.15) is 0 Å². The summed E-state index contributed by atoms with van der Waals surface area (Å²) in [5, 5.41) is 22.3. The SMILES string of the molecule is CN(C)C[C@@H](O)COc1ccc(Nc2nccc(-c3cnn4nc(N5CCOCC5)ccc34)n2)cc1. The van der Waals surface area contributed by atoms with E-state index < -0.39 is 6.10 Å². The predicted molar refractivity (Wildman–Crippen MR) is 137 cm³/mol. The van der Waals surface area contributed by atoms with Crippen LogP contribution in [0.4, 0.5) is 17.5 Å². The molecule has 0 bridgehead atoms. The summed E-state index contributed by atoms with van der Waals surface area (Å²) < 4.78 is 12.7. The molecule has 3 aromatic heterocycles. The Morgan fingerprint density at radius 2 is 1.92 bits per heavy atom. The number of likely N-dealkylation sites (N-methyl/N-ethyl adjacent to an activating group) is 1. The summed E-state index contributed by atoms with van der Waals surface area (Å²) in [7, 11) is 3.82. The molecule has 4 aromatic rings. The van der Waals surface area contributed by atoms with Gasteiger partial charge in [0.05, 0.1) is 30.6 Å². The van der Waals surface area contributed by atoms with Gasteiger partial charge < -0.3 is 29.7 Å². The lowest BCUT2D eigenvalue weighted by atomic mass is 10.2. The second-order valence-corrected chi connectivity index (χ2v) is 8.87. The highest BCUT2D eigenvalue weighted by molar-refractivity contribution is 5.78. The molecule has 36 heavy (non-hydrogen) atoms. The summed E-state index contributed by atoms with van der Waals surface area (Å²) in [4.78, 5) is 13.2. The van der Waals surface area contributed by atoms with Crippen molar-refractivity contribution in [2.75, 3.05) is 63.8 Å². The molecule has 188 valence electrons. The van der Waals surface area contributed by atoms with Gasteiger partial charge in [0.1, 0.15) is 18.5 Å². The molecule has 0 aliphatic carbocycles. The van der Waals surface area contributed by atoms with Crippen LogP contribution in [0.5, 0.6) is 5.75 Å². The van der Waals surface area contributed by atoms with Gasteiger partial charge in [-0.15, -0.1) is 9.73 Å². The van der Waals surface area contributed by atoms with Crippen LogP contribution in [0.3, 0.4) is 0 Å². The molecule has 1 atom stereocenters. The Labute approximate surface area is 209 Å². The monoisotopic (exact) mass is 490 g/mol. The fraction of sp³-hybridized carbons (Fsp3) is 0.360. The van der Waals surface area contributed by atoms with Crippen molar-refractivity contribution in [1.29, 1.82) is 0 Å². The first-order valence-electron chi connectivity index (χ1n) is 11.9. The van der Waals surface area contributed by atoms with E-state index in [0.29, 0.717) is 31.5 Å². The van der Waals surface area contributed by atoms with E-state index in [1.165, 1.54) is 0 Å². The van der Waals surface area contributed by atoms with Crippen molar-refractivity contribution in [2.45, 2.75) is 6.10 Å². The van der Waals surface area contributed by atoms with Gasteiger partial charge in [0, 0.05) is 37.1 Å². The normalized spacial score (nSPS) is 14.8. The molecule has 0 spiro atoms. The summed E-state index contributed by atoms with van der Waals surface area (Å²) in [6.45, 7) is 3.83. The van der Waals surface area contributed by atoms with E-state index in [9.17, 15) is 5.11 Å². The van der Waals surface area contributed by atoms with Crippen LogP contribution in [0, 0.1) is 0 Å². The van der Waals surface area contributed by atoms with E-state index in [-0.39, 0.29) is 6.61 Å². The number of hydrogen-bond acceptors (Lipinski definition) is 10. The number of hydrogen-bond donors (Lipinski definition) is 2. The Bertz CT molecular complexity index is 1290. The molecule has 1 fully saturated rings. The molecule has 11 nitrogen and oxygen atoms in total. The Hall–Kier alpha value is -3.80. The number of aliphatic hydroxyl groups is 1. The van der Waals surface area contributed by atoms with Crippen LogP contribution in [0.15, 0.2) is 54.9 Å². The molecule has 4 heterocycles. The minimum Gasteiger partial charge on any atom is -0.491 e. The maximum absolute atomic E-state index is 9.96. The number of anilines is 3. The molecular formula is C25H30N8O3. The molecule has 0 amide bonds. The first kappa shape index (κ1) is 23.9. The Kier molecular flexibility index (Phi) is 7.21. The molecule has 5 rings (SSSR count). The number of fused-ring (bicyclic) bond motifs is 1. The third-order valence-corrected chi connectivity index (χ3v) is 5.77. The summed E-state index contributed by atoms with van der Waals surface area (Å²) >= 11 is 0. The fourth-order valence-electron chi connectivity index (χ4n) is 4.03. The summed E-state index contributed by atoms with van der Waals surface area (Å²) in [5.41, 5.74) is 3.32. The first-order chi connectivity index (χ1) is 17.5. The van der Waals surface area contributed by atoms with Crippen LogP contribution in [-0.2, 0) is 4.74 Å². The molecule has 0 saturated carbocycles. The maximum atomic E-state index is 9.96. The third-order valence-electron chi connectivity index (χ3n) is 5.77. The van der Waals surface area contributed by atoms with E-state index >= 15 is 0 Å². The van der Waals surface area contributed by atoms with Gasteiger partial charge in [-0.25, -0.2) is 9.97 Å². The topological polar surface area (TPSA) is 113 Å². The number of aliphatic hydroxyl groups excluding tert-OH is 1. The number of morpholine rings is 1. The maximum Gasteiger partial charge on any atom is 0.227 e. The zero-order chi connectivity index (χ0) is 24.9. The molecule has 1 aromatic carbocycles. The molecule has 1 saturated heterocycles. The number of aromatic nitrogens is 5. The van der Waals surface area contributed by atoms with Crippen molar-refractivity contribution in [3.63, 3.8) is 0 Å². The third kappa shape index (κ3) is 5.70. The largest absolute Gasteiger partial charge is 0.491 e. The molecule has 11 heteroatoms. The van der Waals surface area contributed by atoms with E-state index in [2.05, 4.69) is 30.4 Å². The van der Waals surface area contributed by atoms with Gasteiger partial charge >= 0.3 is 0 Å². The van der Waals surface area contributed by atoms with Crippen molar-refractivity contribution < 1.29 is 14.6 Å². The molecular weight excluding hydrogens is 460 g/mol. The second kappa shape index (κ2) is 10.9. The van der Waals surface area contributed by atoms with Gasteiger partial charge in [0.2, 0.25) is 5.95 Å². The molecule has 0 radical (unpaired) electrons. The first-order valence-corrected chi connectivity index (χ1v) is 11.9. The zero-order valence-corrected chi connectivity index (χ0v) is 20.4. The lowest BCUT2D eigenvalue weighted by Gasteiger charge is -2.27. The van der Waals surface area contributed by atoms with Gasteiger partial charge in [0.15, 0.2) is 5.82 Å². The fourth-order valence-corrected chi connectivity index (χ4v) is 4.03. The zero-order valence-electron chi connectivity index (χ0n) is 20.4. The van der Waals surface area contributed by atoms with Crippen molar-refractivity contribution in [3.05, 3.63) is 54.9 Å². The van der Waals surface area contributed by atoms with Gasteiger partial charge in [-0.3, -0.25) is 0 Å². The quantitative estimate of drug-likeness (QED) is 0.361. The highest BCUT2D eigenvalue weighted by atomic mass is 16.5. The van der Waals surface area contributed by atoms with Crippen LogP contribution in [0.25, 0.3) is 16.8 Å². The van der Waals surface area contributed by atoms with Crippen molar-refractivity contribution >= 4 is 23.0 Å². The highest BCUT2D eigenvalue weighted by Gasteiger charge is 2.16. The average molecular weight is 491 g/mol. The lowest BCUT2D eigenvalue weighted by molar-refractivity contribution is 0.0831. The second-order valence-electron chi connectivity index (χ2n) is 8.87. The minimum absolute atomic E-state index is 0.235. The molecule has 1 aliphatic rings. The van der Waals surface area contributed by atoms with E-state index in [4.69, 9.17) is 9.47 Å². The van der Waals surface area contributed by atoms with Gasteiger partial charge in [-0.1, -0.05) is 0 Å². The number of nitrogens with one attached hydrogen (secondary N) is 1. The van der Waals surface area contributed by atoms with E-state index in [1.54, 1.807) is 17.0 Å². The number of rotatable bonds is 9. The Morgan fingerprint density at radius 3 is 2.69 bits per heavy atom. The average Bonchev–Trinajstić information content (AvgIpc) is 3.32.